The molecule has 0 aliphatic carbocycles. The number of methoxy groups -OCH3 is 2. The predicted octanol–water partition coefficient (Wildman–Crippen LogP) is 2.26. The minimum absolute atomic E-state index is 0.0189. The van der Waals surface area contributed by atoms with Crippen molar-refractivity contribution in [2.45, 2.75) is 6.54 Å². The van der Waals surface area contributed by atoms with E-state index in [1.165, 1.54) is 0 Å². The van der Waals surface area contributed by atoms with Gasteiger partial charge in [-0.2, -0.15) is 0 Å². The van der Waals surface area contributed by atoms with E-state index in [1.54, 1.807) is 49.7 Å². The largest absolute Gasteiger partial charge is 0.493 e. The van der Waals surface area contributed by atoms with Crippen LogP contribution >= 0.6 is 0 Å². The van der Waals surface area contributed by atoms with Crippen molar-refractivity contribution in [1.29, 1.82) is 0 Å². The summed E-state index contributed by atoms with van der Waals surface area (Å²) in [5.74, 6) is 1.23. The Bertz CT molecular complexity index is 670. The summed E-state index contributed by atoms with van der Waals surface area (Å²) in [7, 11) is 3.16. The van der Waals surface area contributed by atoms with Gasteiger partial charge in [-0.05, 0) is 18.2 Å². The van der Waals surface area contributed by atoms with Crippen LogP contribution in [0.5, 0.6) is 11.5 Å². The zero-order valence-corrected chi connectivity index (χ0v) is 11.3. The van der Waals surface area contributed by atoms with Crippen molar-refractivity contribution in [2.24, 2.45) is 0 Å². The molecule has 20 heavy (non-hydrogen) atoms. The van der Waals surface area contributed by atoms with E-state index in [0.717, 1.165) is 11.3 Å². The Balaban J connectivity index is 1.98. The fourth-order valence-corrected chi connectivity index (χ4v) is 2.35. The number of amides is 1. The molecular weight excluding hydrogens is 256 g/mol. The Labute approximate surface area is 116 Å². The number of hydrogen-bond donors (Lipinski definition) is 0. The fraction of sp³-hybridized carbons (Fsp3) is 0.200. The Kier molecular flexibility index (Phi) is 3.02. The zero-order valence-electron chi connectivity index (χ0n) is 11.3. The molecular formula is C15H14N2O3. The van der Waals surface area contributed by atoms with Gasteiger partial charge >= 0.3 is 0 Å². The average Bonchev–Trinajstić information content (AvgIpc) is 2.84. The lowest BCUT2D eigenvalue weighted by Crippen LogP contribution is -2.22. The second kappa shape index (κ2) is 4.85. The topological polar surface area (TPSA) is 51.7 Å². The molecule has 0 unspecified atom stereocenters. The Morgan fingerprint density at radius 3 is 2.65 bits per heavy atom. The molecule has 1 aromatic carbocycles. The van der Waals surface area contributed by atoms with E-state index in [9.17, 15) is 4.79 Å². The standard InChI is InChI=1S/C15H14N2O3/c1-19-13-4-3-11(7-14(13)20-2)17-9-10-8-16-6-5-12(10)15(17)18/h3-8H,9H2,1-2H3. The van der Waals surface area contributed by atoms with Crippen molar-refractivity contribution in [3.8, 4) is 11.5 Å². The maximum atomic E-state index is 12.4. The van der Waals surface area contributed by atoms with Gasteiger partial charge in [0.15, 0.2) is 11.5 Å². The van der Waals surface area contributed by atoms with Gasteiger partial charge in [0.05, 0.1) is 20.8 Å². The van der Waals surface area contributed by atoms with Crippen LogP contribution < -0.4 is 14.4 Å². The van der Waals surface area contributed by atoms with Gasteiger partial charge in [0.1, 0.15) is 0 Å². The molecule has 5 nitrogen and oxygen atoms in total. The summed E-state index contributed by atoms with van der Waals surface area (Å²) in [6.45, 7) is 0.525. The number of anilines is 1. The van der Waals surface area contributed by atoms with Crippen molar-refractivity contribution in [3.63, 3.8) is 0 Å². The lowest BCUT2D eigenvalue weighted by atomic mass is 10.2. The molecule has 5 heteroatoms. The second-order valence-corrected chi connectivity index (χ2v) is 4.46. The van der Waals surface area contributed by atoms with Crippen LogP contribution in [0.4, 0.5) is 5.69 Å². The quantitative estimate of drug-likeness (QED) is 0.858. The van der Waals surface area contributed by atoms with Crippen LogP contribution in [0.2, 0.25) is 0 Å². The van der Waals surface area contributed by atoms with E-state index in [0.29, 0.717) is 23.6 Å². The minimum Gasteiger partial charge on any atom is -0.493 e. The van der Waals surface area contributed by atoms with E-state index < -0.39 is 0 Å². The second-order valence-electron chi connectivity index (χ2n) is 4.46. The number of fused-ring (bicyclic) bond motifs is 1. The summed E-state index contributed by atoms with van der Waals surface area (Å²) in [6, 6.07) is 7.19. The Morgan fingerprint density at radius 2 is 1.95 bits per heavy atom. The van der Waals surface area contributed by atoms with Gasteiger partial charge in [0.2, 0.25) is 0 Å². The van der Waals surface area contributed by atoms with Crippen molar-refractivity contribution in [2.75, 3.05) is 19.1 Å². The molecule has 0 spiro atoms. The van der Waals surface area contributed by atoms with E-state index in [-0.39, 0.29) is 5.91 Å². The first kappa shape index (κ1) is 12.5. The molecule has 0 atom stereocenters. The molecule has 1 amide bonds. The van der Waals surface area contributed by atoms with Gasteiger partial charge in [-0.15, -0.1) is 0 Å². The molecule has 0 bridgehead atoms. The number of nitrogens with zero attached hydrogens (tertiary/aromatic N) is 2. The lowest BCUT2D eigenvalue weighted by molar-refractivity contribution is 0.0996. The molecule has 102 valence electrons. The van der Waals surface area contributed by atoms with E-state index >= 15 is 0 Å². The number of hydrogen-bond acceptors (Lipinski definition) is 4. The van der Waals surface area contributed by atoms with Crippen LogP contribution in [-0.2, 0) is 6.54 Å². The maximum absolute atomic E-state index is 12.4. The first-order valence-corrected chi connectivity index (χ1v) is 6.21. The number of pyridine rings is 1. The summed E-state index contributed by atoms with van der Waals surface area (Å²) < 4.78 is 10.5. The van der Waals surface area contributed by atoms with Crippen LogP contribution in [-0.4, -0.2) is 25.1 Å². The smallest absolute Gasteiger partial charge is 0.259 e. The van der Waals surface area contributed by atoms with Gasteiger partial charge in [-0.1, -0.05) is 0 Å². The van der Waals surface area contributed by atoms with Gasteiger partial charge in [-0.25, -0.2) is 0 Å². The summed E-state index contributed by atoms with van der Waals surface area (Å²) in [4.78, 5) is 18.1. The number of ether oxygens (including phenoxy) is 2. The molecule has 3 rings (SSSR count). The molecule has 0 saturated heterocycles. The van der Waals surface area contributed by atoms with Crippen molar-refractivity contribution in [1.82, 2.24) is 4.98 Å². The molecule has 0 fully saturated rings. The molecule has 1 aromatic heterocycles. The van der Waals surface area contributed by atoms with Crippen LogP contribution in [0.1, 0.15) is 15.9 Å². The molecule has 0 radical (unpaired) electrons. The highest BCUT2D eigenvalue weighted by atomic mass is 16.5. The molecule has 2 aromatic rings. The van der Waals surface area contributed by atoms with Gasteiger partial charge in [0.25, 0.3) is 5.91 Å². The maximum Gasteiger partial charge on any atom is 0.259 e. The van der Waals surface area contributed by atoms with Crippen molar-refractivity contribution in [3.05, 3.63) is 47.8 Å². The highest BCUT2D eigenvalue weighted by Gasteiger charge is 2.28. The van der Waals surface area contributed by atoms with Crippen LogP contribution in [0.15, 0.2) is 36.7 Å². The first-order chi connectivity index (χ1) is 9.74. The van der Waals surface area contributed by atoms with Gasteiger partial charge in [-0.3, -0.25) is 9.78 Å². The lowest BCUT2D eigenvalue weighted by Gasteiger charge is -2.17. The van der Waals surface area contributed by atoms with Crippen LogP contribution in [0.3, 0.4) is 0 Å². The Morgan fingerprint density at radius 1 is 1.15 bits per heavy atom. The molecule has 2 heterocycles. The monoisotopic (exact) mass is 270 g/mol. The summed E-state index contributed by atoms with van der Waals surface area (Å²) in [5.41, 5.74) is 2.42. The van der Waals surface area contributed by atoms with Crippen LogP contribution in [0.25, 0.3) is 0 Å². The summed E-state index contributed by atoms with van der Waals surface area (Å²) in [6.07, 6.45) is 3.36. The van der Waals surface area contributed by atoms with Crippen molar-refractivity contribution < 1.29 is 14.3 Å². The number of carbonyl (C=O) groups excluding carboxylic acids is 1. The fourth-order valence-electron chi connectivity index (χ4n) is 2.35. The normalized spacial score (nSPS) is 13.3. The molecule has 1 aliphatic rings. The Hall–Kier alpha value is -2.56. The predicted molar refractivity (Wildman–Crippen MR) is 74.3 cm³/mol. The highest BCUT2D eigenvalue weighted by molar-refractivity contribution is 6.09. The third kappa shape index (κ3) is 1.87. The van der Waals surface area contributed by atoms with Gasteiger partial charge < -0.3 is 14.4 Å². The highest BCUT2D eigenvalue weighted by Crippen LogP contribution is 2.34. The number of rotatable bonds is 3. The third-order valence-electron chi connectivity index (χ3n) is 3.39. The first-order valence-electron chi connectivity index (χ1n) is 6.21. The molecule has 1 aliphatic heterocycles. The van der Waals surface area contributed by atoms with E-state index in [1.807, 2.05) is 6.07 Å². The van der Waals surface area contributed by atoms with Crippen LogP contribution in [0, 0.1) is 0 Å². The van der Waals surface area contributed by atoms with Crippen molar-refractivity contribution >= 4 is 11.6 Å². The zero-order chi connectivity index (χ0) is 14.1. The third-order valence-corrected chi connectivity index (χ3v) is 3.39. The number of benzene rings is 1. The van der Waals surface area contributed by atoms with E-state index in [2.05, 4.69) is 4.98 Å². The molecule has 0 N–H and O–H groups in total. The minimum atomic E-state index is -0.0189. The SMILES string of the molecule is COc1ccc(N2Cc3cnccc3C2=O)cc1OC. The van der Waals surface area contributed by atoms with Gasteiger partial charge in [0, 0.05) is 35.3 Å². The summed E-state index contributed by atoms with van der Waals surface area (Å²) >= 11 is 0. The van der Waals surface area contributed by atoms with E-state index in [4.69, 9.17) is 9.47 Å². The average molecular weight is 270 g/mol. The number of carbonyl (C=O) groups is 1. The molecule has 0 saturated carbocycles. The number of aromatic nitrogens is 1. The summed E-state index contributed by atoms with van der Waals surface area (Å²) in [5, 5.41) is 0.